The topological polar surface area (TPSA) is 97.0 Å². The molecule has 8 nitrogen and oxygen atoms in total. The first kappa shape index (κ1) is 17.6. The Balaban J connectivity index is 1.52. The second kappa shape index (κ2) is 7.07. The molecule has 4 amide bonds. The number of benzene rings is 2. The first-order chi connectivity index (χ1) is 13.5. The lowest BCUT2D eigenvalue weighted by atomic mass is 10.0. The van der Waals surface area contributed by atoms with Gasteiger partial charge in [0.25, 0.3) is 0 Å². The lowest BCUT2D eigenvalue weighted by molar-refractivity contribution is -0.141. The third-order valence-electron chi connectivity index (χ3n) is 4.46. The number of fused-ring (bicyclic) bond motifs is 1. The fourth-order valence-electron chi connectivity index (χ4n) is 3.07. The molecule has 2 aromatic carbocycles. The molecule has 2 N–H and O–H groups in total. The van der Waals surface area contributed by atoms with Crippen molar-refractivity contribution in [2.45, 2.75) is 6.54 Å². The Hall–Kier alpha value is -3.81. The minimum atomic E-state index is -1.23. The molecule has 28 heavy (non-hydrogen) atoms. The number of hydrogen-bond donors (Lipinski definition) is 2. The lowest BCUT2D eigenvalue weighted by Gasteiger charge is -2.31. The Morgan fingerprint density at radius 3 is 2.64 bits per heavy atom. The summed E-state index contributed by atoms with van der Waals surface area (Å²) in [5.41, 5.74) is 1.52. The summed E-state index contributed by atoms with van der Waals surface area (Å²) >= 11 is 0. The number of carbonyl (C=O) groups is 3. The SMILES string of the molecule is C=C(Nc1ccc2c(c1)OCO2)[C@H]1C(=O)NC(=O)N(Cc2ccccc2)C1=O. The van der Waals surface area contributed by atoms with Crippen LogP contribution in [0.25, 0.3) is 0 Å². The molecule has 142 valence electrons. The van der Waals surface area contributed by atoms with E-state index in [1.807, 2.05) is 18.2 Å². The molecule has 0 radical (unpaired) electrons. The van der Waals surface area contributed by atoms with Crippen LogP contribution in [0.2, 0.25) is 0 Å². The molecular formula is C20H17N3O5. The largest absolute Gasteiger partial charge is 0.454 e. The van der Waals surface area contributed by atoms with Gasteiger partial charge in [-0.1, -0.05) is 36.9 Å². The van der Waals surface area contributed by atoms with Gasteiger partial charge in [-0.15, -0.1) is 0 Å². The van der Waals surface area contributed by atoms with Crippen molar-refractivity contribution in [2.75, 3.05) is 12.1 Å². The van der Waals surface area contributed by atoms with E-state index in [1.165, 1.54) is 0 Å². The molecule has 0 spiro atoms. The maximum Gasteiger partial charge on any atom is 0.331 e. The Bertz CT molecular complexity index is 973. The molecule has 1 atom stereocenters. The van der Waals surface area contributed by atoms with Gasteiger partial charge in [0.1, 0.15) is 0 Å². The van der Waals surface area contributed by atoms with Crippen molar-refractivity contribution in [3.63, 3.8) is 0 Å². The van der Waals surface area contributed by atoms with Crippen LogP contribution < -0.4 is 20.1 Å². The number of carbonyl (C=O) groups excluding carboxylic acids is 3. The van der Waals surface area contributed by atoms with E-state index in [1.54, 1.807) is 30.3 Å². The van der Waals surface area contributed by atoms with Crippen molar-refractivity contribution in [2.24, 2.45) is 5.92 Å². The van der Waals surface area contributed by atoms with Gasteiger partial charge in [0.15, 0.2) is 17.4 Å². The number of rotatable bonds is 5. The van der Waals surface area contributed by atoms with Crippen molar-refractivity contribution >= 4 is 23.5 Å². The van der Waals surface area contributed by atoms with Crippen LogP contribution in [0.1, 0.15) is 5.56 Å². The van der Waals surface area contributed by atoms with Crippen molar-refractivity contribution < 1.29 is 23.9 Å². The van der Waals surface area contributed by atoms with E-state index in [4.69, 9.17) is 9.47 Å². The zero-order chi connectivity index (χ0) is 19.7. The van der Waals surface area contributed by atoms with Gasteiger partial charge in [-0.2, -0.15) is 0 Å². The van der Waals surface area contributed by atoms with E-state index in [9.17, 15) is 14.4 Å². The van der Waals surface area contributed by atoms with Crippen molar-refractivity contribution in [1.29, 1.82) is 0 Å². The second-order valence-corrected chi connectivity index (χ2v) is 6.36. The van der Waals surface area contributed by atoms with E-state index >= 15 is 0 Å². The molecule has 2 aliphatic heterocycles. The molecule has 1 fully saturated rings. The first-order valence-corrected chi connectivity index (χ1v) is 8.58. The van der Waals surface area contributed by atoms with E-state index in [0.717, 1.165) is 10.5 Å². The number of nitrogens with zero attached hydrogens (tertiary/aromatic N) is 1. The first-order valence-electron chi connectivity index (χ1n) is 8.58. The Kier molecular flexibility index (Phi) is 4.44. The molecule has 0 aliphatic carbocycles. The quantitative estimate of drug-likeness (QED) is 0.774. The van der Waals surface area contributed by atoms with Crippen LogP contribution in [0.4, 0.5) is 10.5 Å². The van der Waals surface area contributed by atoms with Crippen LogP contribution in [-0.4, -0.2) is 29.5 Å². The number of urea groups is 1. The molecule has 2 aromatic rings. The maximum absolute atomic E-state index is 12.9. The molecule has 0 bridgehead atoms. The average molecular weight is 379 g/mol. The smallest absolute Gasteiger partial charge is 0.331 e. The third kappa shape index (κ3) is 3.27. The molecule has 0 aromatic heterocycles. The fraction of sp³-hybridized carbons (Fsp3) is 0.150. The highest BCUT2D eigenvalue weighted by atomic mass is 16.7. The molecule has 4 rings (SSSR count). The summed E-state index contributed by atoms with van der Waals surface area (Å²) in [5, 5.41) is 5.17. The molecule has 2 heterocycles. The summed E-state index contributed by atoms with van der Waals surface area (Å²) in [4.78, 5) is 38.3. The Labute approximate surface area is 160 Å². The minimum Gasteiger partial charge on any atom is -0.454 e. The summed E-state index contributed by atoms with van der Waals surface area (Å²) in [7, 11) is 0. The van der Waals surface area contributed by atoms with Gasteiger partial charge < -0.3 is 14.8 Å². The molecule has 1 saturated heterocycles. The second-order valence-electron chi connectivity index (χ2n) is 6.36. The molecule has 8 heteroatoms. The van der Waals surface area contributed by atoms with Crippen LogP contribution in [0.15, 0.2) is 60.8 Å². The number of ether oxygens (including phenoxy) is 2. The predicted molar refractivity (Wildman–Crippen MR) is 99.3 cm³/mol. The van der Waals surface area contributed by atoms with Gasteiger partial charge in [0.2, 0.25) is 18.6 Å². The van der Waals surface area contributed by atoms with Crippen LogP contribution in [0.3, 0.4) is 0 Å². The van der Waals surface area contributed by atoms with Gasteiger partial charge in [0, 0.05) is 17.5 Å². The number of amides is 4. The standard InChI is InChI=1S/C20H17N3O5/c1-12(21-14-7-8-15-16(9-14)28-11-27-15)17-18(24)22-20(26)23(19(17)25)10-13-5-3-2-4-6-13/h2-9,17,21H,1,10-11H2,(H,22,24,26)/t17-/m0/s1. The highest BCUT2D eigenvalue weighted by Gasteiger charge is 2.42. The molecule has 2 aliphatic rings. The number of barbiturate groups is 1. The average Bonchev–Trinajstić information content (AvgIpc) is 3.13. The van der Waals surface area contributed by atoms with Crippen LogP contribution in [0.5, 0.6) is 11.5 Å². The van der Waals surface area contributed by atoms with Gasteiger partial charge in [-0.3, -0.25) is 19.8 Å². The predicted octanol–water partition coefficient (Wildman–Crippen LogP) is 2.24. The van der Waals surface area contributed by atoms with E-state index in [-0.39, 0.29) is 19.0 Å². The number of imide groups is 2. The van der Waals surface area contributed by atoms with Gasteiger partial charge in [0.05, 0.1) is 6.54 Å². The van der Waals surface area contributed by atoms with Crippen molar-refractivity contribution in [3.8, 4) is 11.5 Å². The van der Waals surface area contributed by atoms with E-state index in [0.29, 0.717) is 17.2 Å². The summed E-state index contributed by atoms with van der Waals surface area (Å²) in [6, 6.07) is 13.4. The summed E-state index contributed by atoms with van der Waals surface area (Å²) in [6.07, 6.45) is 0. The molecular weight excluding hydrogens is 362 g/mol. The Morgan fingerprint density at radius 2 is 1.86 bits per heavy atom. The highest BCUT2D eigenvalue weighted by molar-refractivity contribution is 6.17. The number of hydrogen-bond acceptors (Lipinski definition) is 6. The summed E-state index contributed by atoms with van der Waals surface area (Å²) < 4.78 is 10.6. The van der Waals surface area contributed by atoms with E-state index < -0.39 is 23.8 Å². The van der Waals surface area contributed by atoms with Crippen LogP contribution in [0, 0.1) is 5.92 Å². The Morgan fingerprint density at radius 1 is 1.11 bits per heavy atom. The van der Waals surface area contributed by atoms with Gasteiger partial charge in [-0.25, -0.2) is 4.79 Å². The number of anilines is 1. The minimum absolute atomic E-state index is 0.0621. The van der Waals surface area contributed by atoms with Gasteiger partial charge >= 0.3 is 6.03 Å². The third-order valence-corrected chi connectivity index (χ3v) is 4.46. The number of nitrogens with one attached hydrogen (secondary N) is 2. The summed E-state index contributed by atoms with van der Waals surface area (Å²) in [5.74, 6) is -1.40. The fourth-order valence-corrected chi connectivity index (χ4v) is 3.07. The monoisotopic (exact) mass is 379 g/mol. The summed E-state index contributed by atoms with van der Waals surface area (Å²) in [6.45, 7) is 4.03. The molecule has 0 unspecified atom stereocenters. The normalized spacial score (nSPS) is 18.1. The zero-order valence-corrected chi connectivity index (χ0v) is 14.8. The maximum atomic E-state index is 12.9. The highest BCUT2D eigenvalue weighted by Crippen LogP contribution is 2.35. The van der Waals surface area contributed by atoms with Crippen LogP contribution >= 0.6 is 0 Å². The van der Waals surface area contributed by atoms with Crippen LogP contribution in [-0.2, 0) is 16.1 Å². The van der Waals surface area contributed by atoms with Crippen molar-refractivity contribution in [3.05, 3.63) is 66.4 Å². The zero-order valence-electron chi connectivity index (χ0n) is 14.8. The molecule has 0 saturated carbocycles. The van der Waals surface area contributed by atoms with Crippen molar-refractivity contribution in [1.82, 2.24) is 10.2 Å². The van der Waals surface area contributed by atoms with Gasteiger partial charge in [-0.05, 0) is 17.7 Å². The lowest BCUT2D eigenvalue weighted by Crippen LogP contribution is -2.58. The van der Waals surface area contributed by atoms with E-state index in [2.05, 4.69) is 17.2 Å².